The van der Waals surface area contributed by atoms with E-state index < -0.39 is 0 Å². The Morgan fingerprint density at radius 2 is 2.12 bits per heavy atom. The molecule has 8 heteroatoms. The van der Waals surface area contributed by atoms with Crippen LogP contribution in [0.15, 0.2) is 24.4 Å². The molecule has 0 saturated carbocycles. The Hall–Kier alpha value is -2.48. The van der Waals surface area contributed by atoms with E-state index >= 15 is 0 Å². The van der Waals surface area contributed by atoms with Gasteiger partial charge in [-0.15, -0.1) is 0 Å². The summed E-state index contributed by atoms with van der Waals surface area (Å²) in [4.78, 5) is 17.8. The smallest absolute Gasteiger partial charge is 0.333 e. The molecule has 1 fully saturated rings. The molecule has 3 heterocycles. The third-order valence-corrected chi connectivity index (χ3v) is 4.65. The summed E-state index contributed by atoms with van der Waals surface area (Å²) in [5.41, 5.74) is 1.72. The van der Waals surface area contributed by atoms with Crippen molar-refractivity contribution < 1.29 is 4.92 Å². The molecule has 0 atom stereocenters. The Balaban J connectivity index is 1.61. The number of nitrogens with zero attached hydrogens (tertiary/aromatic N) is 5. The fourth-order valence-corrected chi connectivity index (χ4v) is 3.31. The van der Waals surface area contributed by atoms with Gasteiger partial charge >= 0.3 is 5.69 Å². The molecule has 2 aromatic rings. The van der Waals surface area contributed by atoms with Crippen LogP contribution in [0.3, 0.4) is 0 Å². The van der Waals surface area contributed by atoms with E-state index in [1.807, 2.05) is 31.3 Å². The fraction of sp³-hybridized carbons (Fsp3) is 0.529. The van der Waals surface area contributed by atoms with Crippen molar-refractivity contribution in [3.63, 3.8) is 0 Å². The molecule has 1 saturated heterocycles. The quantitative estimate of drug-likeness (QED) is 0.639. The highest BCUT2D eigenvalue weighted by molar-refractivity contribution is 5.60. The SMILES string of the molecule is CCc1nn(C)c(NC2CCN(Cc3ccccn3)CC2)c1[N+](=O)[O-]. The number of nitrogens with one attached hydrogen (secondary N) is 1. The molecule has 3 rings (SSSR count). The number of anilines is 1. The standard InChI is InChI=1S/C17H24N6O2/c1-3-15-16(23(24)25)17(21(2)20-15)19-13-7-10-22(11-8-13)12-14-6-4-5-9-18-14/h4-6,9,13,19H,3,7-8,10-12H2,1-2H3. The molecule has 1 aliphatic rings. The maximum absolute atomic E-state index is 11.4. The van der Waals surface area contributed by atoms with Gasteiger partial charge in [0.15, 0.2) is 0 Å². The number of hydrogen-bond acceptors (Lipinski definition) is 6. The molecule has 0 radical (unpaired) electrons. The average molecular weight is 344 g/mol. The molecule has 8 nitrogen and oxygen atoms in total. The zero-order chi connectivity index (χ0) is 17.8. The highest BCUT2D eigenvalue weighted by Gasteiger charge is 2.28. The second-order valence-electron chi connectivity index (χ2n) is 6.39. The lowest BCUT2D eigenvalue weighted by molar-refractivity contribution is -0.384. The molecule has 0 unspecified atom stereocenters. The van der Waals surface area contributed by atoms with Gasteiger partial charge in [-0.1, -0.05) is 13.0 Å². The molecular weight excluding hydrogens is 320 g/mol. The van der Waals surface area contributed by atoms with Crippen LogP contribution in [-0.2, 0) is 20.0 Å². The van der Waals surface area contributed by atoms with Gasteiger partial charge in [-0.2, -0.15) is 5.10 Å². The second-order valence-corrected chi connectivity index (χ2v) is 6.39. The number of likely N-dealkylation sites (tertiary alicyclic amines) is 1. The van der Waals surface area contributed by atoms with Crippen LogP contribution in [-0.4, -0.2) is 43.7 Å². The van der Waals surface area contributed by atoms with Crippen LogP contribution in [0.1, 0.15) is 31.2 Å². The van der Waals surface area contributed by atoms with Crippen molar-refractivity contribution in [2.75, 3.05) is 18.4 Å². The van der Waals surface area contributed by atoms with Gasteiger partial charge in [-0.3, -0.25) is 20.0 Å². The van der Waals surface area contributed by atoms with E-state index in [0.29, 0.717) is 17.9 Å². The first kappa shape index (κ1) is 17.3. The minimum absolute atomic E-state index is 0.112. The summed E-state index contributed by atoms with van der Waals surface area (Å²) in [6.07, 6.45) is 4.25. The van der Waals surface area contributed by atoms with Crippen LogP contribution in [0.5, 0.6) is 0 Å². The van der Waals surface area contributed by atoms with Crippen LogP contribution in [0.2, 0.25) is 0 Å². The van der Waals surface area contributed by atoms with E-state index in [2.05, 4.69) is 20.3 Å². The molecule has 25 heavy (non-hydrogen) atoms. The largest absolute Gasteiger partial charge is 0.362 e. The Kier molecular flexibility index (Phi) is 5.28. The van der Waals surface area contributed by atoms with Crippen LogP contribution in [0.4, 0.5) is 11.5 Å². The third kappa shape index (κ3) is 3.96. The molecular formula is C17H24N6O2. The zero-order valence-corrected chi connectivity index (χ0v) is 14.7. The van der Waals surface area contributed by atoms with Crippen molar-refractivity contribution in [1.29, 1.82) is 0 Å². The molecule has 134 valence electrons. The zero-order valence-electron chi connectivity index (χ0n) is 14.7. The normalized spacial score (nSPS) is 16.1. The lowest BCUT2D eigenvalue weighted by Crippen LogP contribution is -2.39. The summed E-state index contributed by atoms with van der Waals surface area (Å²) in [6, 6.07) is 6.18. The highest BCUT2D eigenvalue weighted by Crippen LogP contribution is 2.30. The maximum atomic E-state index is 11.4. The van der Waals surface area contributed by atoms with Crippen molar-refractivity contribution in [3.8, 4) is 0 Å². The number of nitro groups is 1. The van der Waals surface area contributed by atoms with Crippen LogP contribution >= 0.6 is 0 Å². The van der Waals surface area contributed by atoms with Crippen molar-refractivity contribution in [3.05, 3.63) is 45.9 Å². The van der Waals surface area contributed by atoms with Gasteiger partial charge < -0.3 is 5.32 Å². The van der Waals surface area contributed by atoms with Gasteiger partial charge in [0.2, 0.25) is 5.82 Å². The summed E-state index contributed by atoms with van der Waals surface area (Å²) in [5, 5.41) is 19.0. The van der Waals surface area contributed by atoms with E-state index in [1.54, 1.807) is 11.7 Å². The minimum Gasteiger partial charge on any atom is -0.362 e. The van der Waals surface area contributed by atoms with Crippen molar-refractivity contribution >= 4 is 11.5 Å². The molecule has 0 bridgehead atoms. The number of hydrogen-bond donors (Lipinski definition) is 1. The summed E-state index contributed by atoms with van der Waals surface area (Å²) in [5.74, 6) is 0.519. The van der Waals surface area contributed by atoms with Gasteiger partial charge in [0.05, 0.1) is 10.6 Å². The molecule has 1 aliphatic heterocycles. The lowest BCUT2D eigenvalue weighted by Gasteiger charge is -2.32. The first-order valence-corrected chi connectivity index (χ1v) is 8.67. The van der Waals surface area contributed by atoms with E-state index in [-0.39, 0.29) is 16.7 Å². The molecule has 0 spiro atoms. The van der Waals surface area contributed by atoms with Crippen LogP contribution in [0.25, 0.3) is 0 Å². The molecule has 0 aromatic carbocycles. The topological polar surface area (TPSA) is 89.1 Å². The Labute approximate surface area is 147 Å². The van der Waals surface area contributed by atoms with Gasteiger partial charge in [0, 0.05) is 38.9 Å². The summed E-state index contributed by atoms with van der Waals surface area (Å²) < 4.78 is 1.59. The number of piperidine rings is 1. The third-order valence-electron chi connectivity index (χ3n) is 4.65. The molecule has 1 N–H and O–H groups in total. The first-order chi connectivity index (χ1) is 12.1. The average Bonchev–Trinajstić information content (AvgIpc) is 2.93. The molecule has 0 aliphatic carbocycles. The van der Waals surface area contributed by atoms with E-state index in [1.165, 1.54) is 0 Å². The van der Waals surface area contributed by atoms with Crippen molar-refractivity contribution in [2.24, 2.45) is 7.05 Å². The lowest BCUT2D eigenvalue weighted by atomic mass is 10.0. The van der Waals surface area contributed by atoms with Crippen LogP contribution in [0, 0.1) is 10.1 Å². The van der Waals surface area contributed by atoms with Gasteiger partial charge in [-0.05, 0) is 31.4 Å². The van der Waals surface area contributed by atoms with Crippen molar-refractivity contribution in [1.82, 2.24) is 19.7 Å². The first-order valence-electron chi connectivity index (χ1n) is 8.67. The Bertz CT molecular complexity index is 722. The van der Waals surface area contributed by atoms with E-state index in [9.17, 15) is 10.1 Å². The van der Waals surface area contributed by atoms with E-state index in [4.69, 9.17) is 0 Å². The fourth-order valence-electron chi connectivity index (χ4n) is 3.31. The summed E-state index contributed by atoms with van der Waals surface area (Å²) in [7, 11) is 1.75. The van der Waals surface area contributed by atoms with Gasteiger partial charge in [0.25, 0.3) is 0 Å². The Morgan fingerprint density at radius 3 is 2.72 bits per heavy atom. The monoisotopic (exact) mass is 344 g/mol. The molecule has 2 aromatic heterocycles. The number of rotatable bonds is 6. The van der Waals surface area contributed by atoms with Gasteiger partial charge in [-0.25, -0.2) is 4.68 Å². The second kappa shape index (κ2) is 7.60. The van der Waals surface area contributed by atoms with Crippen molar-refractivity contribution in [2.45, 2.75) is 38.8 Å². The predicted molar refractivity (Wildman–Crippen MR) is 95.4 cm³/mol. The number of aromatic nitrogens is 3. The number of pyridine rings is 1. The number of aryl methyl sites for hydroxylation is 2. The highest BCUT2D eigenvalue weighted by atomic mass is 16.6. The molecule has 0 amide bonds. The Morgan fingerprint density at radius 1 is 1.36 bits per heavy atom. The summed E-state index contributed by atoms with van der Waals surface area (Å²) in [6.45, 7) is 4.62. The predicted octanol–water partition coefficient (Wildman–Crippen LogP) is 2.36. The van der Waals surface area contributed by atoms with Crippen LogP contribution < -0.4 is 5.32 Å². The van der Waals surface area contributed by atoms with E-state index in [0.717, 1.165) is 38.2 Å². The maximum Gasteiger partial charge on any atom is 0.333 e. The summed E-state index contributed by atoms with van der Waals surface area (Å²) >= 11 is 0. The van der Waals surface area contributed by atoms with Gasteiger partial charge in [0.1, 0.15) is 5.69 Å². The minimum atomic E-state index is -0.329.